The third kappa shape index (κ3) is 4.55. The van der Waals surface area contributed by atoms with Crippen molar-refractivity contribution in [3.05, 3.63) is 170 Å². The molecule has 4 nitrogen and oxygen atoms in total. The molecular weight excluding hydrogens is 629 g/mol. The first-order chi connectivity index (χ1) is 26.9. The molecule has 0 amide bonds. The third-order valence-corrected chi connectivity index (χ3v) is 10.4. The Bertz CT molecular complexity index is 3130. The van der Waals surface area contributed by atoms with Gasteiger partial charge in [-0.2, -0.15) is 0 Å². The predicted molar refractivity (Wildman–Crippen MR) is 209 cm³/mol. The first kappa shape index (κ1) is 23.8. The molecule has 0 aliphatic rings. The molecule has 0 bridgehead atoms. The summed E-state index contributed by atoms with van der Waals surface area (Å²) in [5.74, 6) is 1.57. The topological polar surface area (TPSA) is 43.6 Å². The number of hydrogen-bond donors (Lipinski definition) is 0. The SMILES string of the molecule is [2H]c1c([2H])c([2H])c(-c2cccc3c2sc2cccc(-c4nc(-c5ccccc5)nc(-c5cccc6c7ccccc7n(-c7ccccc7)c56)n4)c23)c([2H])c1[2H]. The summed E-state index contributed by atoms with van der Waals surface area (Å²) in [7, 11) is 0. The highest BCUT2D eigenvalue weighted by Crippen LogP contribution is 2.44. The van der Waals surface area contributed by atoms with Gasteiger partial charge >= 0.3 is 0 Å². The lowest BCUT2D eigenvalue weighted by atomic mass is 10.0. The van der Waals surface area contributed by atoms with Crippen molar-refractivity contribution in [1.29, 1.82) is 0 Å². The van der Waals surface area contributed by atoms with Crippen molar-refractivity contribution < 1.29 is 6.85 Å². The molecule has 0 fully saturated rings. The van der Waals surface area contributed by atoms with Crippen LogP contribution < -0.4 is 0 Å². The minimum absolute atomic E-state index is 0.181. The second-order valence-corrected chi connectivity index (χ2v) is 13.1. The van der Waals surface area contributed by atoms with E-state index in [1.165, 1.54) is 11.3 Å². The molecule has 3 aromatic heterocycles. The lowest BCUT2D eigenvalue weighted by Crippen LogP contribution is -2.02. The van der Waals surface area contributed by atoms with Gasteiger partial charge < -0.3 is 4.57 Å². The normalized spacial score (nSPS) is 13.0. The summed E-state index contributed by atoms with van der Waals surface area (Å²) in [6.45, 7) is 0. The van der Waals surface area contributed by atoms with Gasteiger partial charge in [-0.15, -0.1) is 11.3 Å². The number of aromatic nitrogens is 4. The van der Waals surface area contributed by atoms with Crippen LogP contribution in [-0.4, -0.2) is 19.5 Å². The molecular formula is C45H28N4S. The number of nitrogens with zero attached hydrogens (tertiary/aromatic N) is 4. The number of benzene rings is 7. The molecule has 10 rings (SSSR count). The van der Waals surface area contributed by atoms with Crippen molar-refractivity contribution >= 4 is 53.3 Å². The molecule has 0 N–H and O–H groups in total. The van der Waals surface area contributed by atoms with Gasteiger partial charge in [-0.1, -0.05) is 139 Å². The van der Waals surface area contributed by atoms with E-state index in [0.717, 1.165) is 64.4 Å². The first-order valence-electron chi connectivity index (χ1n) is 18.8. The summed E-state index contributed by atoms with van der Waals surface area (Å²) < 4.78 is 46.4. The highest BCUT2D eigenvalue weighted by Gasteiger charge is 2.21. The summed E-state index contributed by atoms with van der Waals surface area (Å²) in [6, 6.07) is 45.1. The van der Waals surface area contributed by atoms with E-state index < -0.39 is 6.04 Å². The molecule has 0 aliphatic carbocycles. The van der Waals surface area contributed by atoms with Crippen molar-refractivity contribution in [3.63, 3.8) is 0 Å². The molecule has 0 atom stereocenters. The minimum Gasteiger partial charge on any atom is -0.309 e. The molecule has 0 aliphatic heterocycles. The van der Waals surface area contributed by atoms with Gasteiger partial charge in [-0.05, 0) is 41.5 Å². The van der Waals surface area contributed by atoms with Crippen molar-refractivity contribution in [1.82, 2.24) is 19.5 Å². The Balaban J connectivity index is 1.26. The Labute approximate surface area is 299 Å². The summed E-state index contributed by atoms with van der Waals surface area (Å²) in [4.78, 5) is 15.6. The van der Waals surface area contributed by atoms with Crippen molar-refractivity contribution in [2.75, 3.05) is 0 Å². The molecule has 3 heterocycles. The fourth-order valence-corrected chi connectivity index (χ4v) is 8.24. The van der Waals surface area contributed by atoms with E-state index in [1.54, 1.807) is 0 Å². The van der Waals surface area contributed by atoms with E-state index >= 15 is 0 Å². The van der Waals surface area contributed by atoms with Gasteiger partial charge in [0.05, 0.1) is 17.9 Å². The Morgan fingerprint density at radius 2 is 1.10 bits per heavy atom. The second kappa shape index (κ2) is 11.6. The van der Waals surface area contributed by atoms with Crippen LogP contribution in [-0.2, 0) is 0 Å². The Morgan fingerprint density at radius 3 is 1.92 bits per heavy atom. The van der Waals surface area contributed by atoms with E-state index in [-0.39, 0.29) is 29.7 Å². The third-order valence-electron chi connectivity index (χ3n) is 9.15. The molecule has 0 unspecified atom stereocenters. The van der Waals surface area contributed by atoms with Gasteiger partial charge in [-0.25, -0.2) is 15.0 Å². The predicted octanol–water partition coefficient (Wildman–Crippen LogP) is 12.0. The number of hydrogen-bond acceptors (Lipinski definition) is 4. The number of rotatable bonds is 5. The monoisotopic (exact) mass is 661 g/mol. The summed E-state index contributed by atoms with van der Waals surface area (Å²) in [6.07, 6.45) is 0. The highest BCUT2D eigenvalue weighted by atomic mass is 32.1. The van der Waals surface area contributed by atoms with Crippen molar-refractivity contribution in [3.8, 4) is 51.0 Å². The maximum atomic E-state index is 8.74. The summed E-state index contributed by atoms with van der Waals surface area (Å²) >= 11 is 1.52. The average Bonchev–Trinajstić information content (AvgIpc) is 3.79. The maximum Gasteiger partial charge on any atom is 0.166 e. The fraction of sp³-hybridized carbons (Fsp3) is 0. The van der Waals surface area contributed by atoms with Gasteiger partial charge in [0.2, 0.25) is 0 Å². The highest BCUT2D eigenvalue weighted by molar-refractivity contribution is 7.26. The van der Waals surface area contributed by atoms with Crippen LogP contribution >= 0.6 is 11.3 Å². The molecule has 7 aromatic carbocycles. The van der Waals surface area contributed by atoms with Crippen LogP contribution in [0, 0.1) is 0 Å². The molecule has 0 saturated heterocycles. The van der Waals surface area contributed by atoms with Gasteiger partial charge in [0.1, 0.15) is 0 Å². The van der Waals surface area contributed by atoms with Gasteiger partial charge in [-0.3, -0.25) is 0 Å². The second-order valence-electron chi connectivity index (χ2n) is 12.0. The maximum absolute atomic E-state index is 8.74. The van der Waals surface area contributed by atoms with Crippen LogP contribution in [0.3, 0.4) is 0 Å². The molecule has 0 saturated carbocycles. The molecule has 5 heteroatoms. The van der Waals surface area contributed by atoms with Gasteiger partial charge in [0.25, 0.3) is 0 Å². The Kier molecular flexibility index (Phi) is 5.54. The van der Waals surface area contributed by atoms with Crippen LogP contribution in [0.5, 0.6) is 0 Å². The van der Waals surface area contributed by atoms with E-state index in [2.05, 4.69) is 59.2 Å². The average molecular weight is 662 g/mol. The zero-order valence-electron chi connectivity index (χ0n) is 31.5. The smallest absolute Gasteiger partial charge is 0.166 e. The first-order valence-corrected chi connectivity index (χ1v) is 17.1. The Morgan fingerprint density at radius 1 is 0.480 bits per heavy atom. The quantitative estimate of drug-likeness (QED) is 0.184. The zero-order chi connectivity index (χ0) is 37.4. The Hall–Kier alpha value is -6.43. The standard InChI is InChI=1S/C45H28N4S/c1-4-15-29(16-5-1)32-22-12-24-35-40-36(25-14-28-39(40)50-42(32)35)44-46-43(30-17-6-2-7-18-30)47-45(48-44)37-26-13-23-34-33-21-10-11-27-38(33)49(41(34)37)31-19-8-3-9-20-31/h1-28H/i1D,4D,5D,15D,16D. The molecule has 234 valence electrons. The number of fused-ring (bicyclic) bond motifs is 6. The van der Waals surface area contributed by atoms with Crippen molar-refractivity contribution in [2.24, 2.45) is 0 Å². The summed E-state index contributed by atoms with van der Waals surface area (Å²) in [5.41, 5.74) is 6.40. The van der Waals surface area contributed by atoms with Crippen LogP contribution in [0.15, 0.2) is 170 Å². The van der Waals surface area contributed by atoms with E-state index in [9.17, 15) is 0 Å². The van der Waals surface area contributed by atoms with E-state index in [0.29, 0.717) is 23.0 Å². The van der Waals surface area contributed by atoms with Gasteiger partial charge in [0, 0.05) is 53.3 Å². The number of thiophene rings is 1. The molecule has 0 radical (unpaired) electrons. The zero-order valence-corrected chi connectivity index (χ0v) is 27.3. The summed E-state index contributed by atoms with van der Waals surface area (Å²) in [5, 5.41) is 4.02. The van der Waals surface area contributed by atoms with Crippen LogP contribution in [0.4, 0.5) is 0 Å². The molecule has 0 spiro atoms. The van der Waals surface area contributed by atoms with Crippen LogP contribution in [0.2, 0.25) is 0 Å². The van der Waals surface area contributed by atoms with E-state index in [1.807, 2.05) is 84.9 Å². The fourth-order valence-electron chi connectivity index (χ4n) is 6.99. The lowest BCUT2D eigenvalue weighted by molar-refractivity contribution is 1.07. The molecule has 10 aromatic rings. The minimum atomic E-state index is -0.413. The number of para-hydroxylation sites is 3. The largest absolute Gasteiger partial charge is 0.309 e. The van der Waals surface area contributed by atoms with E-state index in [4.69, 9.17) is 21.8 Å². The van der Waals surface area contributed by atoms with Gasteiger partial charge in [0.15, 0.2) is 17.5 Å². The van der Waals surface area contributed by atoms with Crippen molar-refractivity contribution in [2.45, 2.75) is 0 Å². The van der Waals surface area contributed by atoms with Crippen LogP contribution in [0.25, 0.3) is 93.0 Å². The van der Waals surface area contributed by atoms with Crippen LogP contribution in [0.1, 0.15) is 6.85 Å². The lowest BCUT2D eigenvalue weighted by Gasteiger charge is -2.13. The molecule has 50 heavy (non-hydrogen) atoms.